The second-order valence-corrected chi connectivity index (χ2v) is 6.65. The van der Waals surface area contributed by atoms with Crippen LogP contribution in [0.5, 0.6) is 0 Å². The van der Waals surface area contributed by atoms with Gasteiger partial charge in [-0.25, -0.2) is 4.79 Å². The summed E-state index contributed by atoms with van der Waals surface area (Å²) < 4.78 is 0. The summed E-state index contributed by atoms with van der Waals surface area (Å²) in [5, 5.41) is 23.4. The number of carbonyl (C=O) groups excluding carboxylic acids is 1. The molecule has 1 atom stereocenters. The summed E-state index contributed by atoms with van der Waals surface area (Å²) in [6, 6.07) is 3.25. The molecule has 8 nitrogen and oxygen atoms in total. The van der Waals surface area contributed by atoms with Gasteiger partial charge in [0.15, 0.2) is 0 Å². The van der Waals surface area contributed by atoms with Crippen molar-refractivity contribution in [1.82, 2.24) is 4.90 Å². The largest absolute Gasteiger partial charge is 0.480 e. The minimum absolute atomic E-state index is 0.00872. The molecule has 25 heavy (non-hydrogen) atoms. The fraction of sp³-hybridized carbons (Fsp3) is 0.529. The molecule has 1 aromatic carbocycles. The van der Waals surface area contributed by atoms with Crippen LogP contribution in [0.15, 0.2) is 18.2 Å². The van der Waals surface area contributed by atoms with E-state index < -0.39 is 16.9 Å². The molecular formula is C17H23N3O5. The van der Waals surface area contributed by atoms with Gasteiger partial charge < -0.3 is 15.3 Å². The van der Waals surface area contributed by atoms with Crippen LogP contribution in [0.2, 0.25) is 0 Å². The maximum Gasteiger partial charge on any atom is 0.326 e. The summed E-state index contributed by atoms with van der Waals surface area (Å²) in [6.45, 7) is 4.99. The fourth-order valence-electron chi connectivity index (χ4n) is 2.94. The highest BCUT2D eigenvalue weighted by molar-refractivity contribution is 5.99. The number of nitro benzene ring substituents is 1. The van der Waals surface area contributed by atoms with Crippen LogP contribution < -0.4 is 5.32 Å². The van der Waals surface area contributed by atoms with E-state index in [-0.39, 0.29) is 23.1 Å². The molecular weight excluding hydrogens is 326 g/mol. The number of nitro groups is 1. The summed E-state index contributed by atoms with van der Waals surface area (Å²) >= 11 is 0. The van der Waals surface area contributed by atoms with Crippen LogP contribution >= 0.6 is 0 Å². The van der Waals surface area contributed by atoms with Gasteiger partial charge in [0.25, 0.3) is 11.6 Å². The topological polar surface area (TPSA) is 113 Å². The van der Waals surface area contributed by atoms with Crippen LogP contribution in [0.3, 0.4) is 0 Å². The number of hydrogen-bond acceptors (Lipinski definition) is 5. The first-order chi connectivity index (χ1) is 11.8. The van der Waals surface area contributed by atoms with E-state index in [4.69, 9.17) is 0 Å². The molecule has 1 unspecified atom stereocenters. The molecule has 0 saturated carbocycles. The molecule has 1 aromatic rings. The van der Waals surface area contributed by atoms with Gasteiger partial charge in [-0.2, -0.15) is 0 Å². The highest BCUT2D eigenvalue weighted by Crippen LogP contribution is 2.26. The van der Waals surface area contributed by atoms with E-state index in [1.807, 2.05) is 13.8 Å². The van der Waals surface area contributed by atoms with E-state index >= 15 is 0 Å². The lowest BCUT2D eigenvalue weighted by Gasteiger charge is -2.19. The molecule has 1 aliphatic rings. The summed E-state index contributed by atoms with van der Waals surface area (Å²) in [5.41, 5.74) is 0.116. The maximum atomic E-state index is 12.6. The first kappa shape index (κ1) is 18.7. The van der Waals surface area contributed by atoms with Crippen molar-refractivity contribution in [2.24, 2.45) is 5.92 Å². The van der Waals surface area contributed by atoms with Crippen LogP contribution in [-0.2, 0) is 4.79 Å². The lowest BCUT2D eigenvalue weighted by Crippen LogP contribution is -2.31. The van der Waals surface area contributed by atoms with E-state index in [9.17, 15) is 24.8 Å². The van der Waals surface area contributed by atoms with Crippen molar-refractivity contribution in [2.75, 3.05) is 18.4 Å². The molecule has 136 valence electrons. The van der Waals surface area contributed by atoms with Crippen LogP contribution in [-0.4, -0.2) is 45.9 Å². The Balaban J connectivity index is 2.31. The molecule has 2 rings (SSSR count). The average molecular weight is 349 g/mol. The third-order valence-electron chi connectivity index (χ3n) is 4.16. The Labute approximate surface area is 146 Å². The van der Waals surface area contributed by atoms with Crippen molar-refractivity contribution >= 4 is 23.3 Å². The number of hydrogen-bond donors (Lipinski definition) is 2. The predicted octanol–water partition coefficient (Wildman–Crippen LogP) is 2.74. The lowest BCUT2D eigenvalue weighted by atomic mass is 10.0. The molecule has 1 amide bonds. The zero-order chi connectivity index (χ0) is 18.6. The number of carboxylic acids is 1. The Kier molecular flexibility index (Phi) is 5.95. The average Bonchev–Trinajstić information content (AvgIpc) is 3.07. The van der Waals surface area contributed by atoms with Gasteiger partial charge in [-0.1, -0.05) is 13.8 Å². The number of carbonyl (C=O) groups is 2. The Bertz CT molecular complexity index is 668. The second-order valence-electron chi connectivity index (χ2n) is 6.65. The van der Waals surface area contributed by atoms with E-state index in [0.29, 0.717) is 25.2 Å². The molecule has 2 N–H and O–H groups in total. The Morgan fingerprint density at radius 1 is 1.32 bits per heavy atom. The Morgan fingerprint density at radius 2 is 1.96 bits per heavy atom. The molecule has 1 saturated heterocycles. The van der Waals surface area contributed by atoms with Gasteiger partial charge in [0.2, 0.25) is 0 Å². The lowest BCUT2D eigenvalue weighted by molar-refractivity contribution is -0.385. The number of amides is 1. The maximum absolute atomic E-state index is 12.6. The van der Waals surface area contributed by atoms with Gasteiger partial charge in [0.05, 0.1) is 4.92 Å². The minimum atomic E-state index is -1.00. The van der Waals surface area contributed by atoms with Gasteiger partial charge in [-0.05, 0) is 37.3 Å². The standard InChI is InChI=1S/C17H23N3O5/c1-11(2)9-14(17(22)23)18-12-5-6-15(20(24)25)13(10-12)16(21)19-7-3-4-8-19/h5-6,10-11,14,18H,3-4,7-9H2,1-2H3,(H,22,23). The molecule has 0 spiro atoms. The number of aliphatic carboxylic acids is 1. The highest BCUT2D eigenvalue weighted by atomic mass is 16.6. The molecule has 0 aliphatic carbocycles. The highest BCUT2D eigenvalue weighted by Gasteiger charge is 2.28. The van der Waals surface area contributed by atoms with Crippen molar-refractivity contribution in [2.45, 2.75) is 39.2 Å². The van der Waals surface area contributed by atoms with Crippen LogP contribution in [0.4, 0.5) is 11.4 Å². The zero-order valence-corrected chi connectivity index (χ0v) is 14.4. The first-order valence-corrected chi connectivity index (χ1v) is 8.36. The molecule has 0 radical (unpaired) electrons. The molecule has 1 fully saturated rings. The molecule has 0 aromatic heterocycles. The Hall–Kier alpha value is -2.64. The number of carboxylic acid groups (broad SMARTS) is 1. The summed E-state index contributed by atoms with van der Waals surface area (Å²) in [4.78, 5) is 36.2. The number of rotatable bonds is 7. The minimum Gasteiger partial charge on any atom is -0.480 e. The number of nitrogens with one attached hydrogen (secondary N) is 1. The third kappa shape index (κ3) is 4.68. The molecule has 0 bridgehead atoms. The van der Waals surface area contributed by atoms with Gasteiger partial charge >= 0.3 is 5.97 Å². The molecule has 8 heteroatoms. The summed E-state index contributed by atoms with van der Waals surface area (Å²) in [7, 11) is 0. The van der Waals surface area contributed by atoms with E-state index in [1.54, 1.807) is 4.90 Å². The smallest absolute Gasteiger partial charge is 0.326 e. The Morgan fingerprint density at radius 3 is 2.48 bits per heavy atom. The van der Waals surface area contributed by atoms with E-state index in [2.05, 4.69) is 5.32 Å². The van der Waals surface area contributed by atoms with Gasteiger partial charge in [-0.15, -0.1) is 0 Å². The van der Waals surface area contributed by atoms with Gasteiger partial charge in [0.1, 0.15) is 11.6 Å². The fourth-order valence-corrected chi connectivity index (χ4v) is 2.94. The SMILES string of the molecule is CC(C)CC(Nc1ccc([N+](=O)[O-])c(C(=O)N2CCCC2)c1)C(=O)O. The quantitative estimate of drug-likeness (QED) is 0.578. The molecule has 1 aliphatic heterocycles. The van der Waals surface area contributed by atoms with Gasteiger partial charge in [-0.3, -0.25) is 14.9 Å². The zero-order valence-electron chi connectivity index (χ0n) is 14.4. The van der Waals surface area contributed by atoms with Crippen LogP contribution in [0.25, 0.3) is 0 Å². The second kappa shape index (κ2) is 7.96. The van der Waals surface area contributed by atoms with Crippen molar-refractivity contribution in [3.63, 3.8) is 0 Å². The number of benzene rings is 1. The monoisotopic (exact) mass is 349 g/mol. The number of anilines is 1. The van der Waals surface area contributed by atoms with Crippen molar-refractivity contribution in [1.29, 1.82) is 0 Å². The third-order valence-corrected chi connectivity index (χ3v) is 4.16. The van der Waals surface area contributed by atoms with Crippen LogP contribution in [0.1, 0.15) is 43.5 Å². The summed E-state index contributed by atoms with van der Waals surface area (Å²) in [6.07, 6.45) is 2.17. The molecule has 1 heterocycles. The predicted molar refractivity (Wildman–Crippen MR) is 92.7 cm³/mol. The van der Waals surface area contributed by atoms with Gasteiger partial charge in [0, 0.05) is 24.8 Å². The summed E-state index contributed by atoms with van der Waals surface area (Å²) in [5.74, 6) is -1.22. The van der Waals surface area contributed by atoms with Crippen molar-refractivity contribution in [3.05, 3.63) is 33.9 Å². The van der Waals surface area contributed by atoms with Crippen molar-refractivity contribution < 1.29 is 19.6 Å². The van der Waals surface area contributed by atoms with Crippen LogP contribution in [0, 0.1) is 16.0 Å². The normalized spacial score (nSPS) is 15.2. The van der Waals surface area contributed by atoms with E-state index in [1.165, 1.54) is 18.2 Å². The first-order valence-electron chi connectivity index (χ1n) is 8.36. The number of nitrogens with zero attached hydrogens (tertiary/aromatic N) is 2. The van der Waals surface area contributed by atoms with E-state index in [0.717, 1.165) is 12.8 Å². The number of likely N-dealkylation sites (tertiary alicyclic amines) is 1. The van der Waals surface area contributed by atoms with Crippen molar-refractivity contribution in [3.8, 4) is 0 Å².